The summed E-state index contributed by atoms with van der Waals surface area (Å²) in [4.78, 5) is 42.9. The van der Waals surface area contributed by atoms with Crippen molar-refractivity contribution in [2.45, 2.75) is 13.0 Å². The van der Waals surface area contributed by atoms with Crippen molar-refractivity contribution in [3.05, 3.63) is 70.5 Å². The summed E-state index contributed by atoms with van der Waals surface area (Å²) in [5.74, 6) is -1.39. The minimum absolute atomic E-state index is 0.0388. The molecule has 3 rings (SSSR count). The number of hydrogen-bond acceptors (Lipinski definition) is 6. The molecule has 9 heteroatoms. The molecule has 0 aliphatic rings. The third-order valence-corrected chi connectivity index (χ3v) is 4.83. The van der Waals surface area contributed by atoms with Crippen LogP contribution in [0.2, 0.25) is 0 Å². The number of aromatic amines is 1. The minimum atomic E-state index is -0.757. The summed E-state index contributed by atoms with van der Waals surface area (Å²) >= 11 is 1.04. The highest BCUT2D eigenvalue weighted by Crippen LogP contribution is 2.16. The van der Waals surface area contributed by atoms with Gasteiger partial charge in [0.1, 0.15) is 5.82 Å². The number of para-hydroxylation sites is 2. The van der Waals surface area contributed by atoms with Crippen molar-refractivity contribution < 1.29 is 18.7 Å². The Balaban J connectivity index is 1.50. The van der Waals surface area contributed by atoms with Crippen LogP contribution in [0.3, 0.4) is 0 Å². The van der Waals surface area contributed by atoms with E-state index in [-0.39, 0.29) is 28.6 Å². The number of H-pyrrole nitrogens is 1. The molecule has 2 N–H and O–H groups in total. The summed E-state index contributed by atoms with van der Waals surface area (Å²) < 4.78 is 18.8. The number of halogens is 1. The number of fused-ring (bicyclic) bond motifs is 1. The number of nitrogens with one attached hydrogen (secondary N) is 2. The molecule has 0 radical (unpaired) electrons. The maximum absolute atomic E-state index is 13.5. The lowest BCUT2D eigenvalue weighted by Crippen LogP contribution is -2.19. The number of amides is 1. The zero-order valence-corrected chi connectivity index (χ0v) is 16.3. The fourth-order valence-electron chi connectivity index (χ4n) is 2.56. The zero-order valence-electron chi connectivity index (χ0n) is 15.5. The summed E-state index contributed by atoms with van der Waals surface area (Å²) in [5.41, 5.74) is 0.279. The smallest absolute Gasteiger partial charge is 0.316 e. The minimum Gasteiger partial charge on any atom is -0.454 e. The van der Waals surface area contributed by atoms with Crippen LogP contribution < -0.4 is 10.9 Å². The number of thioether (sulfide) groups is 1. The Morgan fingerprint density at radius 1 is 1.17 bits per heavy atom. The second kappa shape index (κ2) is 9.33. The van der Waals surface area contributed by atoms with Gasteiger partial charge in [0.15, 0.2) is 11.9 Å². The number of esters is 1. The van der Waals surface area contributed by atoms with Crippen LogP contribution in [0.4, 0.5) is 10.1 Å². The van der Waals surface area contributed by atoms with E-state index in [0.29, 0.717) is 10.9 Å². The van der Waals surface area contributed by atoms with E-state index in [1.165, 1.54) is 18.2 Å². The van der Waals surface area contributed by atoms with Gasteiger partial charge < -0.3 is 15.0 Å². The average Bonchev–Trinajstić information content (AvgIpc) is 2.69. The first-order chi connectivity index (χ1) is 13.9. The molecule has 0 spiro atoms. The third kappa shape index (κ3) is 5.41. The van der Waals surface area contributed by atoms with Gasteiger partial charge in [-0.2, -0.15) is 0 Å². The van der Waals surface area contributed by atoms with Crippen LogP contribution >= 0.6 is 11.8 Å². The van der Waals surface area contributed by atoms with Gasteiger partial charge in [-0.05, 0) is 31.2 Å². The molecule has 7 nitrogen and oxygen atoms in total. The van der Waals surface area contributed by atoms with Gasteiger partial charge in [-0.15, -0.1) is 11.8 Å². The number of ether oxygens (including phenoxy) is 1. The molecule has 3 aromatic rings. The summed E-state index contributed by atoms with van der Waals surface area (Å²) in [6, 6.07) is 12.7. The molecule has 1 heterocycles. The quantitative estimate of drug-likeness (QED) is 0.575. The Morgan fingerprint density at radius 2 is 1.90 bits per heavy atom. The number of benzene rings is 2. The molecule has 150 valence electrons. The highest BCUT2D eigenvalue weighted by atomic mass is 32.2. The van der Waals surface area contributed by atoms with Gasteiger partial charge in [0.25, 0.3) is 5.56 Å². The van der Waals surface area contributed by atoms with Crippen molar-refractivity contribution in [2.75, 3.05) is 16.8 Å². The summed E-state index contributed by atoms with van der Waals surface area (Å²) in [6.45, 7) is 1.60. The monoisotopic (exact) mass is 415 g/mol. The molecule has 1 atom stereocenters. The van der Waals surface area contributed by atoms with Gasteiger partial charge in [-0.3, -0.25) is 14.4 Å². The molecule has 0 saturated heterocycles. The van der Waals surface area contributed by atoms with Crippen LogP contribution in [0.1, 0.15) is 18.9 Å². The highest BCUT2D eigenvalue weighted by molar-refractivity contribution is 8.00. The number of carbonyl (C=O) groups excluding carboxylic acids is 2. The second-order valence-corrected chi connectivity index (χ2v) is 7.11. The van der Waals surface area contributed by atoms with E-state index in [1.807, 2.05) is 0 Å². The Kier molecular flexibility index (Phi) is 6.61. The molecule has 29 heavy (non-hydrogen) atoms. The fraction of sp³-hybridized carbons (Fsp3) is 0.200. The number of anilines is 1. The van der Waals surface area contributed by atoms with Crippen molar-refractivity contribution in [3.63, 3.8) is 0 Å². The van der Waals surface area contributed by atoms with Gasteiger partial charge in [-0.25, -0.2) is 9.37 Å². The number of rotatable bonds is 7. The lowest BCUT2D eigenvalue weighted by molar-refractivity contribution is -0.145. The van der Waals surface area contributed by atoms with Crippen molar-refractivity contribution in [2.24, 2.45) is 0 Å². The predicted molar refractivity (Wildman–Crippen MR) is 109 cm³/mol. The standard InChI is InChI=1S/C20H18FN3O4S/c1-12(19-23-15-8-4-2-6-13(15)20(27)24-19)28-18(26)11-29-10-17(25)22-16-9-5-3-7-14(16)21/h2-9,12H,10-11H2,1H3,(H,22,25)(H,23,24,27)/t12-/m0/s1. The van der Waals surface area contributed by atoms with Crippen LogP contribution in [-0.2, 0) is 14.3 Å². The van der Waals surface area contributed by atoms with Gasteiger partial charge in [-0.1, -0.05) is 24.3 Å². The van der Waals surface area contributed by atoms with E-state index in [2.05, 4.69) is 15.3 Å². The number of nitrogens with zero attached hydrogens (tertiary/aromatic N) is 1. The molecule has 0 saturated carbocycles. The average molecular weight is 415 g/mol. The molecular weight excluding hydrogens is 397 g/mol. The molecule has 0 fully saturated rings. The first-order valence-electron chi connectivity index (χ1n) is 8.74. The Labute approximate surface area is 169 Å². The van der Waals surface area contributed by atoms with Gasteiger partial charge in [0.2, 0.25) is 5.91 Å². The first-order valence-corrected chi connectivity index (χ1v) is 9.90. The van der Waals surface area contributed by atoms with Crippen LogP contribution in [0.15, 0.2) is 53.3 Å². The van der Waals surface area contributed by atoms with Crippen molar-refractivity contribution in [3.8, 4) is 0 Å². The molecular formula is C20H18FN3O4S. The number of aromatic nitrogens is 2. The molecule has 0 aliphatic carbocycles. The molecule has 0 aliphatic heterocycles. The molecule has 0 bridgehead atoms. The van der Waals surface area contributed by atoms with Crippen LogP contribution in [0.25, 0.3) is 10.9 Å². The van der Waals surface area contributed by atoms with Crippen molar-refractivity contribution in [1.82, 2.24) is 9.97 Å². The number of carbonyl (C=O) groups is 2. The predicted octanol–water partition coefficient (Wildman–Crippen LogP) is 3.04. The Bertz CT molecular complexity index is 1100. The Hall–Kier alpha value is -3.20. The van der Waals surface area contributed by atoms with Gasteiger partial charge >= 0.3 is 5.97 Å². The lowest BCUT2D eigenvalue weighted by Gasteiger charge is -2.13. The third-order valence-electron chi connectivity index (χ3n) is 3.93. The summed E-state index contributed by atoms with van der Waals surface area (Å²) in [7, 11) is 0. The topological polar surface area (TPSA) is 101 Å². The second-order valence-electron chi connectivity index (χ2n) is 6.12. The molecule has 1 aromatic heterocycles. The first kappa shape index (κ1) is 20.5. The highest BCUT2D eigenvalue weighted by Gasteiger charge is 2.16. The lowest BCUT2D eigenvalue weighted by atomic mass is 10.2. The van der Waals surface area contributed by atoms with E-state index in [4.69, 9.17) is 4.74 Å². The largest absolute Gasteiger partial charge is 0.454 e. The van der Waals surface area contributed by atoms with Gasteiger partial charge in [0, 0.05) is 0 Å². The van der Waals surface area contributed by atoms with E-state index >= 15 is 0 Å². The molecule has 2 aromatic carbocycles. The van der Waals surface area contributed by atoms with E-state index in [0.717, 1.165) is 11.8 Å². The number of hydrogen-bond donors (Lipinski definition) is 2. The van der Waals surface area contributed by atoms with Crippen molar-refractivity contribution in [1.29, 1.82) is 0 Å². The van der Waals surface area contributed by atoms with Crippen LogP contribution in [-0.4, -0.2) is 33.4 Å². The summed E-state index contributed by atoms with van der Waals surface area (Å²) in [5, 5.41) is 2.89. The molecule has 0 unspecified atom stereocenters. The Morgan fingerprint density at radius 3 is 2.69 bits per heavy atom. The fourth-order valence-corrected chi connectivity index (χ4v) is 3.15. The van der Waals surface area contributed by atoms with Crippen LogP contribution in [0, 0.1) is 5.82 Å². The van der Waals surface area contributed by atoms with Gasteiger partial charge in [0.05, 0.1) is 28.1 Å². The van der Waals surface area contributed by atoms with Crippen molar-refractivity contribution >= 4 is 40.2 Å². The normalized spacial score (nSPS) is 11.8. The SMILES string of the molecule is C[C@H](OC(=O)CSCC(=O)Nc1ccccc1F)c1nc2ccccc2c(=O)[nH]1. The summed E-state index contributed by atoms with van der Waals surface area (Å²) in [6.07, 6.45) is -0.757. The maximum Gasteiger partial charge on any atom is 0.316 e. The van der Waals surface area contributed by atoms with E-state index in [9.17, 15) is 18.8 Å². The van der Waals surface area contributed by atoms with Crippen LogP contribution in [0.5, 0.6) is 0 Å². The maximum atomic E-state index is 13.5. The molecule has 1 amide bonds. The van der Waals surface area contributed by atoms with E-state index < -0.39 is 23.8 Å². The van der Waals surface area contributed by atoms with E-state index in [1.54, 1.807) is 37.3 Å². The zero-order chi connectivity index (χ0) is 20.8.